The lowest BCUT2D eigenvalue weighted by Crippen LogP contribution is -2.47. The molecule has 0 spiro atoms. The second-order valence-corrected chi connectivity index (χ2v) is 5.22. The highest BCUT2D eigenvalue weighted by Gasteiger charge is 2.28. The number of nitrogens with two attached hydrogens (primary N) is 1. The number of hydrogen-bond donors (Lipinski definition) is 1. The third-order valence-electron chi connectivity index (χ3n) is 3.57. The summed E-state index contributed by atoms with van der Waals surface area (Å²) >= 11 is 6.22. The molecule has 1 unspecified atom stereocenters. The number of hydrogen-bond acceptors (Lipinski definition) is 3. The van der Waals surface area contributed by atoms with Gasteiger partial charge in [-0.05, 0) is 26.3 Å². The quantitative estimate of drug-likeness (QED) is 0.898. The summed E-state index contributed by atoms with van der Waals surface area (Å²) in [5.41, 5.74) is 7.36. The minimum Gasteiger partial charge on any atom is -0.368 e. The smallest absolute Gasteiger partial charge is 0.234 e. The zero-order valence-corrected chi connectivity index (χ0v) is 11.6. The van der Waals surface area contributed by atoms with Gasteiger partial charge < -0.3 is 5.73 Å². The van der Waals surface area contributed by atoms with E-state index in [-0.39, 0.29) is 11.9 Å². The monoisotopic (exact) mass is 270 g/mol. The largest absolute Gasteiger partial charge is 0.368 e. The molecule has 1 aliphatic rings. The van der Waals surface area contributed by atoms with Crippen LogP contribution in [0.5, 0.6) is 0 Å². The van der Waals surface area contributed by atoms with Gasteiger partial charge in [0.25, 0.3) is 0 Å². The van der Waals surface area contributed by atoms with Gasteiger partial charge >= 0.3 is 0 Å². The van der Waals surface area contributed by atoms with Crippen LogP contribution in [0.2, 0.25) is 5.15 Å². The van der Waals surface area contributed by atoms with Gasteiger partial charge in [-0.15, -0.1) is 0 Å². The summed E-state index contributed by atoms with van der Waals surface area (Å²) < 4.78 is 1.66. The average Bonchev–Trinajstić information content (AvgIpc) is 2.56. The first-order valence-electron chi connectivity index (χ1n) is 6.22. The summed E-state index contributed by atoms with van der Waals surface area (Å²) in [5, 5.41) is 4.93. The lowest BCUT2D eigenvalue weighted by molar-refractivity contribution is -0.124. The van der Waals surface area contributed by atoms with Crippen LogP contribution in [0.4, 0.5) is 0 Å². The van der Waals surface area contributed by atoms with Crippen molar-refractivity contribution in [2.24, 2.45) is 12.8 Å². The van der Waals surface area contributed by atoms with Crippen molar-refractivity contribution in [3.63, 3.8) is 0 Å². The summed E-state index contributed by atoms with van der Waals surface area (Å²) in [5.74, 6) is -0.243. The van der Waals surface area contributed by atoms with Crippen LogP contribution in [0.3, 0.4) is 0 Å². The minimum atomic E-state index is -0.243. The molecule has 2 N–H and O–H groups in total. The Morgan fingerprint density at radius 3 is 2.83 bits per heavy atom. The number of aryl methyl sites for hydroxylation is 2. The molecule has 1 atom stereocenters. The van der Waals surface area contributed by atoms with E-state index in [0.29, 0.717) is 11.7 Å². The summed E-state index contributed by atoms with van der Waals surface area (Å²) in [7, 11) is 1.82. The second-order valence-electron chi connectivity index (χ2n) is 4.86. The Balaban J connectivity index is 2.18. The molecule has 0 radical (unpaired) electrons. The number of halogens is 1. The third kappa shape index (κ3) is 2.52. The standard InChI is InChI=1S/C12H19ClN4O/c1-8-9(11(13)16(2)15-8)7-17-6-4-3-5-10(17)12(14)18/h10H,3-7H2,1-2H3,(H2,14,18). The minimum absolute atomic E-state index is 0.172. The van der Waals surface area contributed by atoms with Crippen molar-refractivity contribution < 1.29 is 4.79 Å². The van der Waals surface area contributed by atoms with Gasteiger partial charge in [-0.25, -0.2) is 0 Å². The molecule has 1 fully saturated rings. The number of amides is 1. The number of carbonyl (C=O) groups is 1. The molecule has 1 amide bonds. The van der Waals surface area contributed by atoms with Gasteiger partial charge in [-0.3, -0.25) is 14.4 Å². The number of primary amides is 1. The SMILES string of the molecule is Cc1nn(C)c(Cl)c1CN1CCCCC1C(N)=O. The van der Waals surface area contributed by atoms with Crippen molar-refractivity contribution in [2.75, 3.05) is 6.54 Å². The molecule has 100 valence electrons. The molecule has 0 aliphatic carbocycles. The van der Waals surface area contributed by atoms with Crippen molar-refractivity contribution >= 4 is 17.5 Å². The Morgan fingerprint density at radius 1 is 1.56 bits per heavy atom. The molecule has 1 aromatic rings. The lowest BCUT2D eigenvalue weighted by Gasteiger charge is -2.33. The highest BCUT2D eigenvalue weighted by atomic mass is 35.5. The Bertz CT molecular complexity index is 457. The number of aromatic nitrogens is 2. The molecule has 2 rings (SSSR count). The predicted octanol–water partition coefficient (Wildman–Crippen LogP) is 1.22. The van der Waals surface area contributed by atoms with E-state index in [1.165, 1.54) is 0 Å². The van der Waals surface area contributed by atoms with Crippen LogP contribution >= 0.6 is 11.6 Å². The maximum absolute atomic E-state index is 11.5. The molecule has 18 heavy (non-hydrogen) atoms. The molecule has 1 aliphatic heterocycles. The number of piperidine rings is 1. The van der Waals surface area contributed by atoms with Crippen molar-refractivity contribution in [2.45, 2.75) is 38.8 Å². The molecule has 6 heteroatoms. The van der Waals surface area contributed by atoms with Crippen molar-refractivity contribution in [1.29, 1.82) is 0 Å². The molecule has 0 bridgehead atoms. The Kier molecular flexibility index (Phi) is 3.92. The maximum Gasteiger partial charge on any atom is 0.234 e. The van der Waals surface area contributed by atoms with Gasteiger partial charge in [0.2, 0.25) is 5.91 Å². The lowest BCUT2D eigenvalue weighted by atomic mass is 10.0. The van der Waals surface area contributed by atoms with E-state index in [4.69, 9.17) is 17.3 Å². The first-order valence-corrected chi connectivity index (χ1v) is 6.60. The van der Waals surface area contributed by atoms with E-state index in [9.17, 15) is 4.79 Å². The van der Waals surface area contributed by atoms with Crippen LogP contribution in [0.25, 0.3) is 0 Å². The van der Waals surface area contributed by atoms with Crippen molar-refractivity contribution in [1.82, 2.24) is 14.7 Å². The Morgan fingerprint density at radius 2 is 2.28 bits per heavy atom. The first-order chi connectivity index (χ1) is 8.50. The molecular formula is C12H19ClN4O. The fraction of sp³-hybridized carbons (Fsp3) is 0.667. The molecule has 2 heterocycles. The molecule has 0 aromatic carbocycles. The van der Waals surface area contributed by atoms with Gasteiger partial charge in [-0.2, -0.15) is 5.10 Å². The number of carbonyl (C=O) groups excluding carboxylic acids is 1. The van der Waals surface area contributed by atoms with Gasteiger partial charge in [0.05, 0.1) is 11.7 Å². The zero-order valence-electron chi connectivity index (χ0n) is 10.8. The van der Waals surface area contributed by atoms with Gasteiger partial charge in [0.15, 0.2) is 0 Å². The summed E-state index contributed by atoms with van der Waals surface area (Å²) in [6.07, 6.45) is 3.00. The first kappa shape index (κ1) is 13.4. The summed E-state index contributed by atoms with van der Waals surface area (Å²) in [4.78, 5) is 13.6. The maximum atomic E-state index is 11.5. The van der Waals surface area contributed by atoms with Crippen LogP contribution < -0.4 is 5.73 Å². The van der Waals surface area contributed by atoms with Gasteiger partial charge in [0, 0.05) is 19.2 Å². The molecule has 1 aromatic heterocycles. The molecule has 0 saturated carbocycles. The molecule has 1 saturated heterocycles. The van der Waals surface area contributed by atoms with E-state index in [1.807, 2.05) is 14.0 Å². The van der Waals surface area contributed by atoms with Crippen LogP contribution in [0.1, 0.15) is 30.5 Å². The van der Waals surface area contributed by atoms with Crippen LogP contribution in [0, 0.1) is 6.92 Å². The topological polar surface area (TPSA) is 64.2 Å². The van der Waals surface area contributed by atoms with Crippen LogP contribution in [0.15, 0.2) is 0 Å². The normalized spacial score (nSPS) is 21.2. The Labute approximate surface area is 112 Å². The summed E-state index contributed by atoms with van der Waals surface area (Å²) in [6, 6.07) is -0.172. The van der Waals surface area contributed by atoms with E-state index in [1.54, 1.807) is 4.68 Å². The molecule has 5 nitrogen and oxygen atoms in total. The average molecular weight is 271 g/mol. The number of likely N-dealkylation sites (tertiary alicyclic amines) is 1. The van der Waals surface area contributed by atoms with Gasteiger partial charge in [-0.1, -0.05) is 18.0 Å². The molecular weight excluding hydrogens is 252 g/mol. The van der Waals surface area contributed by atoms with Gasteiger partial charge in [0.1, 0.15) is 5.15 Å². The predicted molar refractivity (Wildman–Crippen MR) is 70.2 cm³/mol. The van der Waals surface area contributed by atoms with E-state index < -0.39 is 0 Å². The summed E-state index contributed by atoms with van der Waals surface area (Å²) in [6.45, 7) is 3.47. The van der Waals surface area contributed by atoms with E-state index in [2.05, 4.69) is 10.00 Å². The van der Waals surface area contributed by atoms with E-state index in [0.717, 1.165) is 37.1 Å². The fourth-order valence-electron chi connectivity index (χ4n) is 2.56. The highest BCUT2D eigenvalue weighted by Crippen LogP contribution is 2.25. The third-order valence-corrected chi connectivity index (χ3v) is 4.05. The fourth-order valence-corrected chi connectivity index (χ4v) is 2.79. The van der Waals surface area contributed by atoms with Crippen LogP contribution in [-0.4, -0.2) is 33.2 Å². The van der Waals surface area contributed by atoms with Crippen molar-refractivity contribution in [3.8, 4) is 0 Å². The number of rotatable bonds is 3. The van der Waals surface area contributed by atoms with E-state index >= 15 is 0 Å². The second kappa shape index (κ2) is 5.28. The zero-order chi connectivity index (χ0) is 13.3. The highest BCUT2D eigenvalue weighted by molar-refractivity contribution is 6.30. The van der Waals surface area contributed by atoms with Crippen molar-refractivity contribution in [3.05, 3.63) is 16.4 Å². The Hall–Kier alpha value is -1.07. The van der Waals surface area contributed by atoms with Crippen LogP contribution in [-0.2, 0) is 18.4 Å². The number of nitrogens with zero attached hydrogens (tertiary/aromatic N) is 3.